The summed E-state index contributed by atoms with van der Waals surface area (Å²) >= 11 is 9.33. The van der Waals surface area contributed by atoms with Crippen molar-refractivity contribution in [1.29, 1.82) is 0 Å². The zero-order chi connectivity index (χ0) is 20.5. The molecule has 0 amide bonds. The molecule has 0 aliphatic carbocycles. The van der Waals surface area contributed by atoms with E-state index in [1.54, 1.807) is 0 Å². The minimum atomic E-state index is 0.0340. The van der Waals surface area contributed by atoms with Crippen LogP contribution in [0, 0.1) is 13.8 Å². The molecule has 2 atom stereocenters. The molecule has 1 N–H and O–H groups in total. The van der Waals surface area contributed by atoms with Gasteiger partial charge >= 0.3 is 0 Å². The third-order valence-corrected chi connectivity index (χ3v) is 6.36. The number of nitrogens with zero attached hydrogens (tertiary/aromatic N) is 3. The van der Waals surface area contributed by atoms with Gasteiger partial charge in [0.15, 0.2) is 5.11 Å². The minimum Gasteiger partial charge on any atom is -0.352 e. The number of hydrogen-bond acceptors (Lipinski definition) is 2. The average molecular weight is 469 g/mol. The number of benzene rings is 1. The van der Waals surface area contributed by atoms with Gasteiger partial charge < -0.3 is 14.8 Å². The molecule has 0 saturated carbocycles. The summed E-state index contributed by atoms with van der Waals surface area (Å²) in [4.78, 5) is 6.95. The first-order valence-electron chi connectivity index (χ1n) is 9.94. The van der Waals surface area contributed by atoms with Crippen LogP contribution in [0.3, 0.4) is 0 Å². The molecule has 1 aromatic carbocycles. The smallest absolute Gasteiger partial charge is 0.170 e. The Morgan fingerprint density at radius 1 is 1.14 bits per heavy atom. The quantitative estimate of drug-likeness (QED) is 0.491. The third kappa shape index (κ3) is 3.71. The molecule has 0 radical (unpaired) electrons. The number of nitrogens with one attached hydrogen (secondary N) is 1. The molecule has 0 unspecified atom stereocenters. The van der Waals surface area contributed by atoms with Crippen LogP contribution >= 0.6 is 28.1 Å². The SMILES string of the molecule is CCCN1C(=S)N[C@@H](c2ccccn2)[C@@H]1c1cc(C)n(-c2cccc(Br)c2)c1C. The van der Waals surface area contributed by atoms with Crippen molar-refractivity contribution in [2.75, 3.05) is 6.54 Å². The van der Waals surface area contributed by atoms with Crippen molar-refractivity contribution in [2.45, 2.75) is 39.3 Å². The number of halogens is 1. The normalized spacial score (nSPS) is 18.9. The Kier molecular flexibility index (Phi) is 5.74. The second-order valence-corrected chi connectivity index (χ2v) is 8.76. The summed E-state index contributed by atoms with van der Waals surface area (Å²) in [6, 6.07) is 16.9. The van der Waals surface area contributed by atoms with Gasteiger partial charge in [-0.3, -0.25) is 4.98 Å². The van der Waals surface area contributed by atoms with Gasteiger partial charge in [0.25, 0.3) is 0 Å². The summed E-state index contributed by atoms with van der Waals surface area (Å²) in [5.41, 5.74) is 5.92. The van der Waals surface area contributed by atoms with Crippen molar-refractivity contribution in [1.82, 2.24) is 19.8 Å². The van der Waals surface area contributed by atoms with Crippen LogP contribution in [-0.2, 0) is 0 Å². The summed E-state index contributed by atoms with van der Waals surface area (Å²) in [6.45, 7) is 7.47. The highest BCUT2D eigenvalue weighted by Crippen LogP contribution is 2.41. The minimum absolute atomic E-state index is 0.0340. The van der Waals surface area contributed by atoms with Crippen molar-refractivity contribution in [3.05, 3.63) is 81.8 Å². The third-order valence-electron chi connectivity index (χ3n) is 5.52. The average Bonchev–Trinajstić information content (AvgIpc) is 3.18. The van der Waals surface area contributed by atoms with Crippen molar-refractivity contribution in [3.63, 3.8) is 0 Å². The Balaban J connectivity index is 1.84. The van der Waals surface area contributed by atoms with Crippen LogP contribution in [0.1, 0.15) is 48.1 Å². The number of aromatic nitrogens is 2. The molecule has 3 heterocycles. The summed E-state index contributed by atoms with van der Waals surface area (Å²) in [6.07, 6.45) is 2.89. The van der Waals surface area contributed by atoms with Gasteiger partial charge in [-0.05, 0) is 74.4 Å². The zero-order valence-electron chi connectivity index (χ0n) is 16.9. The molecule has 1 aliphatic rings. The van der Waals surface area contributed by atoms with Gasteiger partial charge in [0, 0.05) is 34.3 Å². The predicted molar refractivity (Wildman–Crippen MR) is 125 cm³/mol. The van der Waals surface area contributed by atoms with Gasteiger partial charge in [0.1, 0.15) is 0 Å². The van der Waals surface area contributed by atoms with Gasteiger partial charge in [-0.1, -0.05) is 35.0 Å². The van der Waals surface area contributed by atoms with E-state index in [0.717, 1.165) is 33.9 Å². The Hall–Kier alpha value is -2.18. The molecule has 6 heteroatoms. The molecule has 2 aromatic heterocycles. The van der Waals surface area contributed by atoms with E-state index >= 15 is 0 Å². The van der Waals surface area contributed by atoms with Crippen LogP contribution in [0.4, 0.5) is 0 Å². The van der Waals surface area contributed by atoms with Gasteiger partial charge in [-0.2, -0.15) is 0 Å². The molecular formula is C23H25BrN4S. The van der Waals surface area contributed by atoms with E-state index in [9.17, 15) is 0 Å². The van der Waals surface area contributed by atoms with E-state index in [0.29, 0.717) is 0 Å². The number of aryl methyl sites for hydroxylation is 1. The molecule has 0 spiro atoms. The van der Waals surface area contributed by atoms with Crippen molar-refractivity contribution < 1.29 is 0 Å². The lowest BCUT2D eigenvalue weighted by atomic mass is 9.96. The summed E-state index contributed by atoms with van der Waals surface area (Å²) < 4.78 is 3.40. The molecule has 3 aromatic rings. The van der Waals surface area contributed by atoms with E-state index < -0.39 is 0 Å². The van der Waals surface area contributed by atoms with Crippen molar-refractivity contribution >= 4 is 33.3 Å². The molecular weight excluding hydrogens is 444 g/mol. The summed E-state index contributed by atoms with van der Waals surface area (Å²) in [5.74, 6) is 0. The van der Waals surface area contributed by atoms with E-state index in [1.807, 2.05) is 18.3 Å². The van der Waals surface area contributed by atoms with E-state index in [-0.39, 0.29) is 12.1 Å². The lowest BCUT2D eigenvalue weighted by molar-refractivity contribution is 0.316. The van der Waals surface area contributed by atoms with Crippen molar-refractivity contribution in [2.24, 2.45) is 0 Å². The van der Waals surface area contributed by atoms with Crippen LogP contribution in [0.25, 0.3) is 5.69 Å². The topological polar surface area (TPSA) is 33.1 Å². The first-order valence-corrected chi connectivity index (χ1v) is 11.1. The van der Waals surface area contributed by atoms with Crippen LogP contribution in [0.5, 0.6) is 0 Å². The van der Waals surface area contributed by atoms with E-state index in [4.69, 9.17) is 12.2 Å². The fraction of sp³-hybridized carbons (Fsp3) is 0.304. The number of rotatable bonds is 5. The van der Waals surface area contributed by atoms with Crippen molar-refractivity contribution in [3.8, 4) is 5.69 Å². The maximum Gasteiger partial charge on any atom is 0.170 e. The van der Waals surface area contributed by atoms with E-state index in [2.05, 4.69) is 92.9 Å². The molecule has 0 bridgehead atoms. The lowest BCUT2D eigenvalue weighted by Crippen LogP contribution is -2.30. The molecule has 1 saturated heterocycles. The van der Waals surface area contributed by atoms with Gasteiger partial charge in [-0.25, -0.2) is 0 Å². The van der Waals surface area contributed by atoms with Crippen LogP contribution in [0.15, 0.2) is 59.2 Å². The standard InChI is InChI=1S/C23H25BrN4S/c1-4-12-27-22(21(26-23(27)29)20-10-5-6-11-25-20)19-13-15(2)28(16(19)3)18-9-7-8-17(24)14-18/h5-11,13-14,21-22H,4,12H2,1-3H3,(H,26,29)/t21-,22-/m0/s1. The second-order valence-electron chi connectivity index (χ2n) is 7.46. The lowest BCUT2D eigenvalue weighted by Gasteiger charge is -2.27. The number of hydrogen-bond donors (Lipinski definition) is 1. The van der Waals surface area contributed by atoms with Gasteiger partial charge in [-0.15, -0.1) is 0 Å². The van der Waals surface area contributed by atoms with E-state index in [1.165, 1.54) is 17.0 Å². The predicted octanol–water partition coefficient (Wildman–Crippen LogP) is 5.63. The summed E-state index contributed by atoms with van der Waals surface area (Å²) in [5, 5.41) is 4.34. The Labute approximate surface area is 186 Å². The second kappa shape index (κ2) is 8.28. The molecule has 1 fully saturated rings. The molecule has 4 nitrogen and oxygen atoms in total. The monoisotopic (exact) mass is 468 g/mol. The van der Waals surface area contributed by atoms with Gasteiger partial charge in [0.05, 0.1) is 17.8 Å². The fourth-order valence-electron chi connectivity index (χ4n) is 4.33. The number of pyridine rings is 1. The number of thiocarbonyl (C=S) groups is 1. The largest absolute Gasteiger partial charge is 0.352 e. The Morgan fingerprint density at radius 2 is 1.97 bits per heavy atom. The van der Waals surface area contributed by atoms with Crippen LogP contribution < -0.4 is 5.32 Å². The maximum absolute atomic E-state index is 5.73. The highest BCUT2D eigenvalue weighted by atomic mass is 79.9. The Bertz CT molecular complexity index is 1030. The molecule has 150 valence electrons. The van der Waals surface area contributed by atoms with Crippen LogP contribution in [0.2, 0.25) is 0 Å². The first-order chi connectivity index (χ1) is 14.0. The maximum atomic E-state index is 5.73. The Morgan fingerprint density at radius 3 is 2.66 bits per heavy atom. The highest BCUT2D eigenvalue weighted by molar-refractivity contribution is 9.10. The molecule has 4 rings (SSSR count). The first kappa shape index (κ1) is 20.1. The summed E-state index contributed by atoms with van der Waals surface area (Å²) in [7, 11) is 0. The van der Waals surface area contributed by atoms with Gasteiger partial charge in [0.2, 0.25) is 0 Å². The fourth-order valence-corrected chi connectivity index (χ4v) is 5.04. The molecule has 29 heavy (non-hydrogen) atoms. The van der Waals surface area contributed by atoms with Crippen LogP contribution in [-0.4, -0.2) is 26.1 Å². The zero-order valence-corrected chi connectivity index (χ0v) is 19.3. The highest BCUT2D eigenvalue weighted by Gasteiger charge is 2.40. The molecule has 1 aliphatic heterocycles.